The molecule has 0 spiro atoms. The van der Waals surface area contributed by atoms with Gasteiger partial charge in [-0.25, -0.2) is 0 Å². The molecule has 1 aliphatic rings. The Labute approximate surface area is 65.9 Å². The second-order valence-electron chi connectivity index (χ2n) is 3.09. The molecule has 0 radical (unpaired) electrons. The summed E-state index contributed by atoms with van der Waals surface area (Å²) in [4.78, 5) is 0. The first-order chi connectivity index (χ1) is 5.14. The number of nitrogens with one attached hydrogen (secondary N) is 1. The van der Waals surface area contributed by atoms with Crippen molar-refractivity contribution in [3.63, 3.8) is 0 Å². The molecule has 4 nitrogen and oxygen atoms in total. The maximum Gasteiger partial charge on any atom is 0.222 e. The molecule has 0 amide bonds. The largest absolute Gasteiger partial charge is 0.395 e. The highest BCUT2D eigenvalue weighted by molar-refractivity contribution is 4.75. The molecule has 1 aliphatic heterocycles. The second kappa shape index (κ2) is 3.49. The summed E-state index contributed by atoms with van der Waals surface area (Å²) in [5, 5.41) is 29.7. The van der Waals surface area contributed by atoms with E-state index in [1.54, 1.807) is 0 Å². The zero-order valence-electron chi connectivity index (χ0n) is 6.45. The minimum Gasteiger partial charge on any atom is -0.395 e. The van der Waals surface area contributed by atoms with E-state index in [1.165, 1.54) is 0 Å². The highest BCUT2D eigenvalue weighted by atomic mass is 16.5. The van der Waals surface area contributed by atoms with Crippen molar-refractivity contribution < 1.29 is 15.3 Å². The maximum absolute atomic E-state index is 9.19. The first-order valence-electron chi connectivity index (χ1n) is 3.97. The Morgan fingerprint density at radius 3 is 2.73 bits per heavy atom. The molecule has 4 heteroatoms. The summed E-state index contributed by atoms with van der Waals surface area (Å²) in [5.41, 5.74) is 0. The van der Waals surface area contributed by atoms with Crippen molar-refractivity contribution in [3.8, 4) is 0 Å². The molecular weight excluding hydrogens is 146 g/mol. The lowest BCUT2D eigenvalue weighted by Gasteiger charge is -2.24. The first-order valence-corrected chi connectivity index (χ1v) is 3.97. The number of rotatable bonds is 1. The third kappa shape index (κ3) is 2.75. The minimum atomic E-state index is -1.77. The molecule has 1 fully saturated rings. The van der Waals surface area contributed by atoms with E-state index in [0.717, 1.165) is 19.3 Å². The number of aliphatic hydroxyl groups excluding tert-OH is 1. The van der Waals surface area contributed by atoms with Crippen molar-refractivity contribution in [2.45, 2.75) is 37.6 Å². The Morgan fingerprint density at radius 1 is 1.36 bits per heavy atom. The van der Waals surface area contributed by atoms with Crippen LogP contribution >= 0.6 is 0 Å². The first kappa shape index (κ1) is 8.93. The Balaban J connectivity index is 2.47. The lowest BCUT2D eigenvalue weighted by molar-refractivity contribution is -0.194. The summed E-state index contributed by atoms with van der Waals surface area (Å²) in [6.07, 6.45) is 2.86. The molecule has 0 aromatic carbocycles. The molecule has 0 bridgehead atoms. The van der Waals surface area contributed by atoms with E-state index >= 15 is 0 Å². The van der Waals surface area contributed by atoms with Crippen LogP contribution in [0.3, 0.4) is 0 Å². The van der Waals surface area contributed by atoms with Crippen LogP contribution in [0.15, 0.2) is 0 Å². The average molecular weight is 161 g/mol. The van der Waals surface area contributed by atoms with Crippen molar-refractivity contribution in [1.82, 2.24) is 5.32 Å². The summed E-state index contributed by atoms with van der Waals surface area (Å²) < 4.78 is 0. The van der Waals surface area contributed by atoms with Gasteiger partial charge in [-0.1, -0.05) is 6.42 Å². The Morgan fingerprint density at radius 2 is 2.09 bits per heavy atom. The fraction of sp³-hybridized carbons (Fsp3) is 1.00. The van der Waals surface area contributed by atoms with Crippen LogP contribution in [0.5, 0.6) is 0 Å². The smallest absolute Gasteiger partial charge is 0.222 e. The summed E-state index contributed by atoms with van der Waals surface area (Å²) in [6.45, 7) is -0.0388. The van der Waals surface area contributed by atoms with Gasteiger partial charge in [0.15, 0.2) is 0 Å². The van der Waals surface area contributed by atoms with Crippen LogP contribution in [-0.2, 0) is 0 Å². The summed E-state index contributed by atoms with van der Waals surface area (Å²) in [7, 11) is 0. The Bertz CT molecular complexity index is 127. The molecule has 1 rings (SSSR count). The van der Waals surface area contributed by atoms with E-state index in [2.05, 4.69) is 5.32 Å². The Kier molecular flexibility index (Phi) is 2.84. The monoisotopic (exact) mass is 161 g/mol. The average Bonchev–Trinajstić information content (AvgIpc) is 2.10. The summed E-state index contributed by atoms with van der Waals surface area (Å²) in [5.74, 6) is -1.77. The van der Waals surface area contributed by atoms with Crippen molar-refractivity contribution in [1.29, 1.82) is 0 Å². The molecule has 1 atom stereocenters. The number of aliphatic hydroxyl groups is 3. The van der Waals surface area contributed by atoms with Crippen molar-refractivity contribution >= 4 is 0 Å². The molecule has 4 N–H and O–H groups in total. The SMILES string of the molecule is OCC1CCCCC(O)(O)N1. The summed E-state index contributed by atoms with van der Waals surface area (Å²) in [6, 6.07) is -0.174. The van der Waals surface area contributed by atoms with E-state index in [1.807, 2.05) is 0 Å². The highest BCUT2D eigenvalue weighted by Gasteiger charge is 2.28. The van der Waals surface area contributed by atoms with Crippen LogP contribution in [0.2, 0.25) is 0 Å². The van der Waals surface area contributed by atoms with E-state index in [0.29, 0.717) is 6.42 Å². The van der Waals surface area contributed by atoms with Gasteiger partial charge in [-0.3, -0.25) is 5.32 Å². The Hall–Kier alpha value is -0.160. The normalized spacial score (nSPS) is 31.4. The van der Waals surface area contributed by atoms with Gasteiger partial charge in [0.2, 0.25) is 5.91 Å². The fourth-order valence-electron chi connectivity index (χ4n) is 1.37. The summed E-state index contributed by atoms with van der Waals surface area (Å²) >= 11 is 0. The zero-order valence-corrected chi connectivity index (χ0v) is 6.45. The molecule has 1 saturated heterocycles. The van der Waals surface area contributed by atoms with Crippen LogP contribution in [-0.4, -0.2) is 33.9 Å². The van der Waals surface area contributed by atoms with Gasteiger partial charge in [0.05, 0.1) is 6.61 Å². The lowest BCUT2D eigenvalue weighted by atomic mass is 10.1. The van der Waals surface area contributed by atoms with Gasteiger partial charge < -0.3 is 15.3 Å². The van der Waals surface area contributed by atoms with E-state index in [-0.39, 0.29) is 12.6 Å². The van der Waals surface area contributed by atoms with Crippen molar-refractivity contribution in [2.75, 3.05) is 6.61 Å². The highest BCUT2D eigenvalue weighted by Crippen LogP contribution is 2.16. The second-order valence-corrected chi connectivity index (χ2v) is 3.09. The van der Waals surface area contributed by atoms with E-state index < -0.39 is 5.91 Å². The standard InChI is InChI=1S/C7H15NO3/c9-5-6-3-1-2-4-7(10,11)8-6/h6,8-11H,1-5H2. The van der Waals surface area contributed by atoms with Gasteiger partial charge in [-0.05, 0) is 12.8 Å². The number of hydrogen-bond acceptors (Lipinski definition) is 4. The van der Waals surface area contributed by atoms with Gasteiger partial charge in [-0.15, -0.1) is 0 Å². The maximum atomic E-state index is 9.19. The van der Waals surface area contributed by atoms with Gasteiger partial charge in [0.25, 0.3) is 0 Å². The molecule has 11 heavy (non-hydrogen) atoms. The predicted molar refractivity (Wildman–Crippen MR) is 39.6 cm³/mol. The third-order valence-electron chi connectivity index (χ3n) is 1.98. The molecule has 0 aliphatic carbocycles. The zero-order chi connectivity index (χ0) is 8.32. The van der Waals surface area contributed by atoms with Crippen LogP contribution in [0.1, 0.15) is 25.7 Å². The van der Waals surface area contributed by atoms with E-state index in [9.17, 15) is 10.2 Å². The fourth-order valence-corrected chi connectivity index (χ4v) is 1.37. The minimum absolute atomic E-state index is 0.0388. The van der Waals surface area contributed by atoms with Gasteiger partial charge in [0.1, 0.15) is 0 Å². The lowest BCUT2D eigenvalue weighted by Crippen LogP contribution is -2.50. The molecule has 0 aromatic rings. The molecule has 66 valence electrons. The van der Waals surface area contributed by atoms with Gasteiger partial charge in [0, 0.05) is 12.5 Å². The topological polar surface area (TPSA) is 72.7 Å². The van der Waals surface area contributed by atoms with Crippen LogP contribution in [0, 0.1) is 0 Å². The van der Waals surface area contributed by atoms with Crippen LogP contribution in [0.4, 0.5) is 0 Å². The predicted octanol–water partition coefficient (Wildman–Crippen LogP) is -0.851. The molecule has 0 saturated carbocycles. The van der Waals surface area contributed by atoms with Crippen molar-refractivity contribution in [2.24, 2.45) is 0 Å². The quantitative estimate of drug-likeness (QED) is 0.378. The molecule has 0 aromatic heterocycles. The molecule has 1 heterocycles. The van der Waals surface area contributed by atoms with Gasteiger partial charge >= 0.3 is 0 Å². The van der Waals surface area contributed by atoms with Crippen molar-refractivity contribution in [3.05, 3.63) is 0 Å². The van der Waals surface area contributed by atoms with E-state index in [4.69, 9.17) is 5.11 Å². The van der Waals surface area contributed by atoms with Gasteiger partial charge in [-0.2, -0.15) is 0 Å². The molecular formula is C7H15NO3. The third-order valence-corrected chi connectivity index (χ3v) is 1.98. The number of hydrogen-bond donors (Lipinski definition) is 4. The van der Waals surface area contributed by atoms with Crippen LogP contribution in [0.25, 0.3) is 0 Å². The van der Waals surface area contributed by atoms with Crippen LogP contribution < -0.4 is 5.32 Å². The molecule has 1 unspecified atom stereocenters.